The molecule has 1 aromatic carbocycles. The molecule has 3 nitrogen and oxygen atoms in total. The molecule has 1 aliphatic heterocycles. The van der Waals surface area contributed by atoms with Crippen LogP contribution in [0.5, 0.6) is 5.75 Å². The highest BCUT2D eigenvalue weighted by molar-refractivity contribution is 5.46. The predicted molar refractivity (Wildman–Crippen MR) is 66.8 cm³/mol. The van der Waals surface area contributed by atoms with Crippen LogP contribution >= 0.6 is 0 Å². The van der Waals surface area contributed by atoms with E-state index in [0.29, 0.717) is 24.5 Å². The third-order valence-corrected chi connectivity index (χ3v) is 2.73. The van der Waals surface area contributed by atoms with Gasteiger partial charge in [0.05, 0.1) is 25.3 Å². The molecule has 4 heteroatoms. The zero-order chi connectivity index (χ0) is 12.8. The lowest BCUT2D eigenvalue weighted by Crippen LogP contribution is -2.26. The standard InChI is InChI=1S/C14H16FNO2/c15-12-3-4-14(11(10-12)2-1-7-16)18-13-5-8-17-9-6-13/h3-4,10,13H,5-9,16H2. The van der Waals surface area contributed by atoms with E-state index in [-0.39, 0.29) is 18.5 Å². The van der Waals surface area contributed by atoms with Crippen LogP contribution < -0.4 is 10.5 Å². The van der Waals surface area contributed by atoms with Crippen molar-refractivity contribution >= 4 is 0 Å². The van der Waals surface area contributed by atoms with Crippen LogP contribution in [0, 0.1) is 17.7 Å². The second kappa shape index (κ2) is 6.39. The zero-order valence-electron chi connectivity index (χ0n) is 10.1. The maximum Gasteiger partial charge on any atom is 0.135 e. The van der Waals surface area contributed by atoms with Crippen molar-refractivity contribution in [2.75, 3.05) is 19.8 Å². The molecule has 0 amide bonds. The average Bonchev–Trinajstić information content (AvgIpc) is 2.40. The smallest absolute Gasteiger partial charge is 0.135 e. The molecule has 0 radical (unpaired) electrons. The molecule has 0 aromatic heterocycles. The number of nitrogens with two attached hydrogens (primary N) is 1. The van der Waals surface area contributed by atoms with Crippen LogP contribution in [0.3, 0.4) is 0 Å². The van der Waals surface area contributed by atoms with Gasteiger partial charge in [-0.25, -0.2) is 4.39 Å². The van der Waals surface area contributed by atoms with E-state index in [0.717, 1.165) is 12.8 Å². The monoisotopic (exact) mass is 249 g/mol. The van der Waals surface area contributed by atoms with Crippen LogP contribution in [0.1, 0.15) is 18.4 Å². The van der Waals surface area contributed by atoms with Crippen LogP contribution in [-0.4, -0.2) is 25.9 Å². The maximum atomic E-state index is 13.2. The van der Waals surface area contributed by atoms with Gasteiger partial charge in [-0.1, -0.05) is 11.8 Å². The van der Waals surface area contributed by atoms with Crippen LogP contribution in [-0.2, 0) is 4.74 Å². The molecule has 1 fully saturated rings. The van der Waals surface area contributed by atoms with Crippen molar-refractivity contribution in [3.63, 3.8) is 0 Å². The fourth-order valence-corrected chi connectivity index (χ4v) is 1.82. The van der Waals surface area contributed by atoms with Crippen molar-refractivity contribution in [3.05, 3.63) is 29.6 Å². The molecule has 0 spiro atoms. The van der Waals surface area contributed by atoms with Gasteiger partial charge >= 0.3 is 0 Å². The number of benzene rings is 1. The first kappa shape index (κ1) is 12.9. The Labute approximate surface area is 106 Å². The summed E-state index contributed by atoms with van der Waals surface area (Å²) >= 11 is 0. The topological polar surface area (TPSA) is 44.5 Å². The summed E-state index contributed by atoms with van der Waals surface area (Å²) in [5.41, 5.74) is 5.87. The minimum absolute atomic E-state index is 0.114. The summed E-state index contributed by atoms with van der Waals surface area (Å²) in [6.07, 6.45) is 1.81. The first-order valence-electron chi connectivity index (χ1n) is 6.02. The highest BCUT2D eigenvalue weighted by Gasteiger charge is 2.16. The molecule has 96 valence electrons. The highest BCUT2D eigenvalue weighted by atomic mass is 19.1. The van der Waals surface area contributed by atoms with Gasteiger partial charge in [0, 0.05) is 12.8 Å². The van der Waals surface area contributed by atoms with E-state index in [1.54, 1.807) is 6.07 Å². The van der Waals surface area contributed by atoms with Gasteiger partial charge < -0.3 is 15.2 Å². The van der Waals surface area contributed by atoms with Gasteiger partial charge in [-0.2, -0.15) is 0 Å². The molecule has 1 heterocycles. The first-order chi connectivity index (χ1) is 8.79. The zero-order valence-corrected chi connectivity index (χ0v) is 10.1. The number of ether oxygens (including phenoxy) is 2. The maximum absolute atomic E-state index is 13.2. The Kier molecular flexibility index (Phi) is 4.57. The summed E-state index contributed by atoms with van der Waals surface area (Å²) in [5, 5.41) is 0. The van der Waals surface area contributed by atoms with Crippen molar-refractivity contribution in [1.29, 1.82) is 0 Å². The van der Waals surface area contributed by atoms with Gasteiger partial charge in [0.15, 0.2) is 0 Å². The summed E-state index contributed by atoms with van der Waals surface area (Å²) in [5.74, 6) is 5.84. The van der Waals surface area contributed by atoms with Gasteiger partial charge in [0.2, 0.25) is 0 Å². The number of halogens is 1. The predicted octanol–water partition coefficient (Wildman–Crippen LogP) is 1.69. The lowest BCUT2D eigenvalue weighted by atomic mass is 10.1. The molecule has 0 unspecified atom stereocenters. The molecule has 2 rings (SSSR count). The van der Waals surface area contributed by atoms with Gasteiger partial charge in [-0.05, 0) is 18.2 Å². The number of hydrogen-bond donors (Lipinski definition) is 1. The fourth-order valence-electron chi connectivity index (χ4n) is 1.82. The first-order valence-corrected chi connectivity index (χ1v) is 6.02. The third-order valence-electron chi connectivity index (χ3n) is 2.73. The molecule has 1 saturated heterocycles. The lowest BCUT2D eigenvalue weighted by molar-refractivity contribution is 0.0254. The Morgan fingerprint density at radius 2 is 2.17 bits per heavy atom. The molecule has 1 aliphatic rings. The minimum Gasteiger partial charge on any atom is -0.489 e. The van der Waals surface area contributed by atoms with E-state index in [1.807, 2.05) is 0 Å². The van der Waals surface area contributed by atoms with Gasteiger partial charge in [-0.15, -0.1) is 0 Å². The second-order valence-corrected chi connectivity index (χ2v) is 4.08. The molecule has 18 heavy (non-hydrogen) atoms. The van der Waals surface area contributed by atoms with E-state index < -0.39 is 0 Å². The van der Waals surface area contributed by atoms with Gasteiger partial charge in [-0.3, -0.25) is 0 Å². The second-order valence-electron chi connectivity index (χ2n) is 4.08. The van der Waals surface area contributed by atoms with Gasteiger partial charge in [0.25, 0.3) is 0 Å². The summed E-state index contributed by atoms with van der Waals surface area (Å²) in [6, 6.07) is 4.37. The summed E-state index contributed by atoms with van der Waals surface area (Å²) in [6.45, 7) is 1.65. The Hall–Kier alpha value is -1.57. The molecule has 0 atom stereocenters. The number of rotatable bonds is 2. The Balaban J connectivity index is 2.15. The third kappa shape index (κ3) is 3.46. The van der Waals surface area contributed by atoms with Crippen LogP contribution in [0.2, 0.25) is 0 Å². The van der Waals surface area contributed by atoms with Crippen LogP contribution in [0.15, 0.2) is 18.2 Å². The van der Waals surface area contributed by atoms with E-state index >= 15 is 0 Å². The van der Waals surface area contributed by atoms with E-state index in [9.17, 15) is 4.39 Å². The molecule has 2 N–H and O–H groups in total. The Bertz CT molecular complexity index is 459. The fraction of sp³-hybridized carbons (Fsp3) is 0.429. The van der Waals surface area contributed by atoms with Crippen molar-refractivity contribution in [3.8, 4) is 17.6 Å². The van der Waals surface area contributed by atoms with Crippen molar-refractivity contribution in [1.82, 2.24) is 0 Å². The largest absolute Gasteiger partial charge is 0.489 e. The van der Waals surface area contributed by atoms with E-state index in [2.05, 4.69) is 11.8 Å². The average molecular weight is 249 g/mol. The van der Waals surface area contributed by atoms with Crippen LogP contribution in [0.25, 0.3) is 0 Å². The minimum atomic E-state index is -0.323. The van der Waals surface area contributed by atoms with Crippen molar-refractivity contribution < 1.29 is 13.9 Å². The normalized spacial score (nSPS) is 15.9. The highest BCUT2D eigenvalue weighted by Crippen LogP contribution is 2.23. The summed E-state index contributed by atoms with van der Waals surface area (Å²) < 4.78 is 24.3. The van der Waals surface area contributed by atoms with Crippen molar-refractivity contribution in [2.24, 2.45) is 5.73 Å². The molecular formula is C14H16FNO2. The quantitative estimate of drug-likeness (QED) is 0.811. The molecule has 0 bridgehead atoms. The van der Waals surface area contributed by atoms with E-state index in [4.69, 9.17) is 15.2 Å². The summed E-state index contributed by atoms with van der Waals surface area (Å²) in [4.78, 5) is 0. The lowest BCUT2D eigenvalue weighted by Gasteiger charge is -2.23. The summed E-state index contributed by atoms with van der Waals surface area (Å²) in [7, 11) is 0. The van der Waals surface area contributed by atoms with Gasteiger partial charge in [0.1, 0.15) is 17.7 Å². The molecule has 0 aliphatic carbocycles. The molecule has 0 saturated carbocycles. The van der Waals surface area contributed by atoms with Crippen molar-refractivity contribution in [2.45, 2.75) is 18.9 Å². The molecule has 1 aromatic rings. The van der Waals surface area contributed by atoms with Crippen LogP contribution in [0.4, 0.5) is 4.39 Å². The Morgan fingerprint density at radius 3 is 2.89 bits per heavy atom. The number of hydrogen-bond acceptors (Lipinski definition) is 3. The molecular weight excluding hydrogens is 233 g/mol. The Morgan fingerprint density at radius 1 is 1.39 bits per heavy atom. The van der Waals surface area contributed by atoms with E-state index in [1.165, 1.54) is 12.1 Å². The SMILES string of the molecule is NCC#Cc1cc(F)ccc1OC1CCOCC1.